The van der Waals surface area contributed by atoms with Gasteiger partial charge in [0.1, 0.15) is 0 Å². The largest absolute Gasteiger partial charge is 0.381 e. The van der Waals surface area contributed by atoms with Crippen LogP contribution in [0.5, 0.6) is 0 Å². The fourth-order valence-corrected chi connectivity index (χ4v) is 2.86. The number of allylic oxidation sites excluding steroid dienone is 2. The first-order valence-corrected chi connectivity index (χ1v) is 6.66. The molecule has 2 rings (SSSR count). The van der Waals surface area contributed by atoms with Crippen LogP contribution in [0.4, 0.5) is 0 Å². The molecule has 0 aromatic rings. The van der Waals surface area contributed by atoms with Crippen LogP contribution in [0.3, 0.4) is 0 Å². The summed E-state index contributed by atoms with van der Waals surface area (Å²) in [5.74, 6) is 2.85. The molecule has 1 nitrogen and oxygen atoms in total. The van der Waals surface area contributed by atoms with Gasteiger partial charge in [0, 0.05) is 13.2 Å². The van der Waals surface area contributed by atoms with Crippen LogP contribution in [-0.2, 0) is 4.74 Å². The normalized spacial score (nSPS) is 36.5. The van der Waals surface area contributed by atoms with Crippen molar-refractivity contribution in [2.75, 3.05) is 13.2 Å². The molecule has 0 radical (unpaired) electrons. The first kappa shape index (κ1) is 11.2. The molecule has 1 heteroatoms. The van der Waals surface area contributed by atoms with Gasteiger partial charge >= 0.3 is 0 Å². The molecule has 0 bridgehead atoms. The van der Waals surface area contributed by atoms with E-state index in [2.05, 4.69) is 19.1 Å². The summed E-state index contributed by atoms with van der Waals surface area (Å²) in [5, 5.41) is 0. The summed E-state index contributed by atoms with van der Waals surface area (Å²) in [6, 6.07) is 0. The highest BCUT2D eigenvalue weighted by molar-refractivity contribution is 5.02. The van der Waals surface area contributed by atoms with E-state index in [9.17, 15) is 0 Å². The minimum Gasteiger partial charge on any atom is -0.381 e. The lowest BCUT2D eigenvalue weighted by atomic mass is 10.1. The Balaban J connectivity index is 1.65. The highest BCUT2D eigenvalue weighted by atomic mass is 16.5. The average molecular weight is 208 g/mol. The van der Waals surface area contributed by atoms with E-state index in [1.165, 1.54) is 38.5 Å². The summed E-state index contributed by atoms with van der Waals surface area (Å²) in [6.45, 7) is 4.23. The number of hydrogen-bond donors (Lipinski definition) is 0. The molecule has 0 N–H and O–H groups in total. The third kappa shape index (κ3) is 3.07. The van der Waals surface area contributed by atoms with Crippen LogP contribution in [0.2, 0.25) is 0 Å². The van der Waals surface area contributed by atoms with Gasteiger partial charge in [0.15, 0.2) is 0 Å². The molecule has 0 heterocycles. The lowest BCUT2D eigenvalue weighted by Crippen LogP contribution is -2.00. The SMILES string of the molecule is CCCCOCC1C2C/C=C/CCCC21. The third-order valence-corrected chi connectivity index (χ3v) is 3.94. The predicted molar refractivity (Wildman–Crippen MR) is 63.8 cm³/mol. The molecule has 86 valence electrons. The maximum absolute atomic E-state index is 5.75. The van der Waals surface area contributed by atoms with Gasteiger partial charge in [0.2, 0.25) is 0 Å². The van der Waals surface area contributed by atoms with Crippen LogP contribution in [0.25, 0.3) is 0 Å². The van der Waals surface area contributed by atoms with E-state index < -0.39 is 0 Å². The fourth-order valence-electron chi connectivity index (χ4n) is 2.86. The number of unbranched alkanes of at least 4 members (excludes halogenated alkanes) is 1. The van der Waals surface area contributed by atoms with Crippen molar-refractivity contribution in [3.05, 3.63) is 12.2 Å². The second-order valence-corrected chi connectivity index (χ2v) is 5.06. The van der Waals surface area contributed by atoms with Crippen molar-refractivity contribution < 1.29 is 4.74 Å². The molecule has 15 heavy (non-hydrogen) atoms. The predicted octanol–water partition coefficient (Wildman–Crippen LogP) is 3.80. The van der Waals surface area contributed by atoms with E-state index >= 15 is 0 Å². The van der Waals surface area contributed by atoms with Crippen LogP contribution in [0.1, 0.15) is 45.4 Å². The van der Waals surface area contributed by atoms with Crippen LogP contribution in [0.15, 0.2) is 12.2 Å². The van der Waals surface area contributed by atoms with E-state index in [1.807, 2.05) is 0 Å². The maximum atomic E-state index is 5.75. The van der Waals surface area contributed by atoms with Crippen molar-refractivity contribution in [1.82, 2.24) is 0 Å². The minimum absolute atomic E-state index is 0.893. The van der Waals surface area contributed by atoms with E-state index in [4.69, 9.17) is 4.74 Å². The molecule has 0 amide bonds. The van der Waals surface area contributed by atoms with Gasteiger partial charge in [-0.3, -0.25) is 0 Å². The average Bonchev–Trinajstić information content (AvgIpc) is 2.83. The molecular weight excluding hydrogens is 184 g/mol. The topological polar surface area (TPSA) is 9.23 Å². The van der Waals surface area contributed by atoms with Gasteiger partial charge in [-0.05, 0) is 49.9 Å². The van der Waals surface area contributed by atoms with Gasteiger partial charge in [-0.1, -0.05) is 25.5 Å². The van der Waals surface area contributed by atoms with Crippen molar-refractivity contribution in [3.63, 3.8) is 0 Å². The molecule has 2 aliphatic rings. The van der Waals surface area contributed by atoms with Crippen LogP contribution in [-0.4, -0.2) is 13.2 Å². The fraction of sp³-hybridized carbons (Fsp3) is 0.857. The molecule has 0 aromatic heterocycles. The Labute approximate surface area is 93.9 Å². The number of rotatable bonds is 5. The standard InChI is InChI=1S/C14H24O/c1-2-3-10-15-11-14-12-8-6-4-5-7-9-13(12)14/h4,6,12-14H,2-3,5,7-11H2,1H3/b6-4+. The molecule has 0 aliphatic heterocycles. The van der Waals surface area contributed by atoms with Crippen LogP contribution >= 0.6 is 0 Å². The van der Waals surface area contributed by atoms with Crippen molar-refractivity contribution in [1.29, 1.82) is 0 Å². The summed E-state index contributed by atoms with van der Waals surface area (Å²) in [5.41, 5.74) is 0. The Bertz CT molecular complexity index is 209. The zero-order valence-electron chi connectivity index (χ0n) is 9.95. The summed E-state index contributed by atoms with van der Waals surface area (Å²) >= 11 is 0. The van der Waals surface area contributed by atoms with Crippen LogP contribution in [0, 0.1) is 17.8 Å². The summed E-state index contributed by atoms with van der Waals surface area (Å²) in [7, 11) is 0. The number of fused-ring (bicyclic) bond motifs is 1. The Morgan fingerprint density at radius 3 is 3.07 bits per heavy atom. The Morgan fingerprint density at radius 1 is 1.27 bits per heavy atom. The Hall–Kier alpha value is -0.300. The second-order valence-electron chi connectivity index (χ2n) is 5.06. The second kappa shape index (κ2) is 5.69. The van der Waals surface area contributed by atoms with Gasteiger partial charge in [0.05, 0.1) is 0 Å². The quantitative estimate of drug-likeness (QED) is 0.493. The molecule has 1 fully saturated rings. The van der Waals surface area contributed by atoms with Crippen molar-refractivity contribution >= 4 is 0 Å². The zero-order chi connectivity index (χ0) is 10.5. The lowest BCUT2D eigenvalue weighted by Gasteiger charge is -2.02. The van der Waals surface area contributed by atoms with Crippen molar-refractivity contribution in [3.8, 4) is 0 Å². The maximum Gasteiger partial charge on any atom is 0.0499 e. The Kier molecular flexibility index (Phi) is 4.25. The number of ether oxygens (including phenoxy) is 1. The summed E-state index contributed by atoms with van der Waals surface area (Å²) < 4.78 is 5.75. The van der Waals surface area contributed by atoms with E-state index in [0.29, 0.717) is 0 Å². The molecule has 3 unspecified atom stereocenters. The molecule has 3 atom stereocenters. The van der Waals surface area contributed by atoms with E-state index in [-0.39, 0.29) is 0 Å². The van der Waals surface area contributed by atoms with E-state index in [0.717, 1.165) is 31.0 Å². The third-order valence-electron chi connectivity index (χ3n) is 3.94. The zero-order valence-corrected chi connectivity index (χ0v) is 9.95. The van der Waals surface area contributed by atoms with Gasteiger partial charge < -0.3 is 4.74 Å². The van der Waals surface area contributed by atoms with Crippen LogP contribution < -0.4 is 0 Å². The Morgan fingerprint density at radius 2 is 2.20 bits per heavy atom. The molecular formula is C14H24O. The monoisotopic (exact) mass is 208 g/mol. The number of hydrogen-bond acceptors (Lipinski definition) is 1. The van der Waals surface area contributed by atoms with Gasteiger partial charge in [-0.15, -0.1) is 0 Å². The lowest BCUT2D eigenvalue weighted by molar-refractivity contribution is 0.115. The van der Waals surface area contributed by atoms with Gasteiger partial charge in [0.25, 0.3) is 0 Å². The molecule has 0 aromatic carbocycles. The van der Waals surface area contributed by atoms with Gasteiger partial charge in [-0.25, -0.2) is 0 Å². The molecule has 2 aliphatic carbocycles. The molecule has 0 saturated heterocycles. The smallest absolute Gasteiger partial charge is 0.0499 e. The molecule has 0 spiro atoms. The summed E-state index contributed by atoms with van der Waals surface area (Å²) in [6.07, 6.45) is 12.7. The highest BCUT2D eigenvalue weighted by Crippen LogP contribution is 2.52. The first-order valence-electron chi connectivity index (χ1n) is 6.66. The van der Waals surface area contributed by atoms with Gasteiger partial charge in [-0.2, -0.15) is 0 Å². The molecule has 1 saturated carbocycles. The van der Waals surface area contributed by atoms with Crippen molar-refractivity contribution in [2.45, 2.75) is 45.4 Å². The first-order chi connectivity index (χ1) is 7.43. The highest BCUT2D eigenvalue weighted by Gasteiger charge is 2.48. The summed E-state index contributed by atoms with van der Waals surface area (Å²) in [4.78, 5) is 0. The van der Waals surface area contributed by atoms with E-state index in [1.54, 1.807) is 0 Å². The van der Waals surface area contributed by atoms with Crippen molar-refractivity contribution in [2.24, 2.45) is 17.8 Å². The minimum atomic E-state index is 0.893.